The van der Waals surface area contributed by atoms with Gasteiger partial charge in [-0.3, -0.25) is 4.79 Å². The van der Waals surface area contributed by atoms with Gasteiger partial charge in [-0.1, -0.05) is 11.3 Å². The molecular formula is C12H15N5O3S. The predicted octanol–water partition coefficient (Wildman–Crippen LogP) is 0.915. The maximum absolute atomic E-state index is 11.6. The average molecular weight is 309 g/mol. The maximum Gasteiger partial charge on any atom is 0.358 e. The van der Waals surface area contributed by atoms with Crippen LogP contribution in [0.2, 0.25) is 0 Å². The number of ketones is 1. The molecule has 2 rings (SSSR count). The van der Waals surface area contributed by atoms with Crippen LogP contribution < -0.4 is 5.32 Å². The van der Waals surface area contributed by atoms with E-state index in [4.69, 9.17) is 0 Å². The second kappa shape index (κ2) is 6.44. The number of nitrogens with one attached hydrogen (secondary N) is 1. The molecule has 0 radical (unpaired) electrons. The minimum atomic E-state index is -0.613. The lowest BCUT2D eigenvalue weighted by atomic mass is 10.3. The highest BCUT2D eigenvalue weighted by Crippen LogP contribution is 2.24. The first-order valence-corrected chi connectivity index (χ1v) is 7.01. The standard InChI is InChI=1S/C12H15N5O3S/c1-7(18)10-9(11(19)20-3)15-12(21-10)13-5-4-8-16-14-6-17(8)2/h6H,4-5H2,1-3H3,(H,13,15). The van der Waals surface area contributed by atoms with Crippen LogP contribution in [0.5, 0.6) is 0 Å². The molecule has 0 atom stereocenters. The smallest absolute Gasteiger partial charge is 0.358 e. The van der Waals surface area contributed by atoms with Gasteiger partial charge in [0.1, 0.15) is 17.0 Å². The van der Waals surface area contributed by atoms with Crippen molar-refractivity contribution in [3.8, 4) is 0 Å². The number of methoxy groups -OCH3 is 1. The van der Waals surface area contributed by atoms with Crippen LogP contribution in [0.1, 0.15) is 32.9 Å². The Hall–Kier alpha value is -2.29. The molecule has 9 heteroatoms. The number of aromatic nitrogens is 4. The van der Waals surface area contributed by atoms with E-state index in [2.05, 4.69) is 25.2 Å². The Kier molecular flexibility index (Phi) is 4.63. The summed E-state index contributed by atoms with van der Waals surface area (Å²) in [5.41, 5.74) is 0.0520. The number of ether oxygens (including phenoxy) is 1. The Bertz CT molecular complexity index is 664. The SMILES string of the molecule is COC(=O)c1nc(NCCc2nncn2C)sc1C(C)=O. The van der Waals surface area contributed by atoms with Crippen molar-refractivity contribution in [1.29, 1.82) is 0 Å². The molecule has 8 nitrogen and oxygen atoms in total. The monoisotopic (exact) mass is 309 g/mol. The van der Waals surface area contributed by atoms with Gasteiger partial charge in [-0.25, -0.2) is 9.78 Å². The molecule has 0 saturated carbocycles. The van der Waals surface area contributed by atoms with Crippen molar-refractivity contribution in [3.63, 3.8) is 0 Å². The molecule has 0 spiro atoms. The zero-order valence-electron chi connectivity index (χ0n) is 11.9. The number of rotatable bonds is 6. The number of carbonyl (C=O) groups is 2. The Balaban J connectivity index is 2.05. The Labute approximate surface area is 125 Å². The number of carbonyl (C=O) groups excluding carboxylic acids is 2. The fraction of sp³-hybridized carbons (Fsp3) is 0.417. The third-order valence-corrected chi connectivity index (χ3v) is 3.87. The minimum Gasteiger partial charge on any atom is -0.464 e. The van der Waals surface area contributed by atoms with Gasteiger partial charge in [-0.15, -0.1) is 10.2 Å². The zero-order valence-corrected chi connectivity index (χ0v) is 12.7. The van der Waals surface area contributed by atoms with E-state index in [1.165, 1.54) is 14.0 Å². The van der Waals surface area contributed by atoms with E-state index in [1.54, 1.807) is 6.33 Å². The molecule has 0 bridgehead atoms. The summed E-state index contributed by atoms with van der Waals surface area (Å²) < 4.78 is 6.45. The van der Waals surface area contributed by atoms with E-state index >= 15 is 0 Å². The van der Waals surface area contributed by atoms with E-state index in [0.717, 1.165) is 17.2 Å². The van der Waals surface area contributed by atoms with Crippen molar-refractivity contribution in [2.45, 2.75) is 13.3 Å². The molecule has 0 aromatic carbocycles. The number of anilines is 1. The second-order valence-electron chi connectivity index (χ2n) is 4.28. The molecule has 0 fully saturated rings. The number of nitrogens with zero attached hydrogens (tertiary/aromatic N) is 4. The molecule has 0 aliphatic carbocycles. The number of Topliss-reactive ketones (excluding diaryl/α,β-unsaturated/α-hetero) is 1. The lowest BCUT2D eigenvalue weighted by Crippen LogP contribution is -2.09. The van der Waals surface area contributed by atoms with Crippen molar-refractivity contribution in [1.82, 2.24) is 19.7 Å². The van der Waals surface area contributed by atoms with Gasteiger partial charge < -0.3 is 14.6 Å². The largest absolute Gasteiger partial charge is 0.464 e. The highest BCUT2D eigenvalue weighted by molar-refractivity contribution is 7.17. The molecule has 112 valence electrons. The van der Waals surface area contributed by atoms with Gasteiger partial charge in [0.15, 0.2) is 16.6 Å². The van der Waals surface area contributed by atoms with Gasteiger partial charge in [0.25, 0.3) is 0 Å². The highest BCUT2D eigenvalue weighted by atomic mass is 32.1. The van der Waals surface area contributed by atoms with Crippen molar-refractivity contribution < 1.29 is 14.3 Å². The van der Waals surface area contributed by atoms with Gasteiger partial charge in [0, 0.05) is 26.9 Å². The van der Waals surface area contributed by atoms with Crippen molar-refractivity contribution >= 4 is 28.2 Å². The number of hydrogen-bond acceptors (Lipinski definition) is 8. The first-order valence-electron chi connectivity index (χ1n) is 6.19. The second-order valence-corrected chi connectivity index (χ2v) is 5.28. The average Bonchev–Trinajstić information content (AvgIpc) is 3.05. The zero-order chi connectivity index (χ0) is 15.4. The van der Waals surface area contributed by atoms with Gasteiger partial charge in [0.2, 0.25) is 0 Å². The first kappa shape index (κ1) is 15.1. The number of esters is 1. The van der Waals surface area contributed by atoms with Crippen LogP contribution in [0.15, 0.2) is 6.33 Å². The van der Waals surface area contributed by atoms with Crippen LogP contribution in [-0.4, -0.2) is 45.2 Å². The third-order valence-electron chi connectivity index (χ3n) is 2.76. The van der Waals surface area contributed by atoms with Crippen LogP contribution >= 0.6 is 11.3 Å². The normalized spacial score (nSPS) is 10.4. The molecule has 2 heterocycles. The lowest BCUT2D eigenvalue weighted by molar-refractivity contribution is 0.0591. The fourth-order valence-corrected chi connectivity index (χ4v) is 2.56. The van der Waals surface area contributed by atoms with E-state index < -0.39 is 5.97 Å². The molecule has 0 aliphatic heterocycles. The van der Waals surface area contributed by atoms with Crippen LogP contribution in [0, 0.1) is 0 Å². The quantitative estimate of drug-likeness (QED) is 0.625. The Morgan fingerprint density at radius 1 is 1.48 bits per heavy atom. The summed E-state index contributed by atoms with van der Waals surface area (Å²) in [6, 6.07) is 0. The highest BCUT2D eigenvalue weighted by Gasteiger charge is 2.21. The van der Waals surface area contributed by atoms with E-state index in [1.807, 2.05) is 11.6 Å². The summed E-state index contributed by atoms with van der Waals surface area (Å²) in [6.07, 6.45) is 2.28. The third kappa shape index (κ3) is 3.43. The molecule has 2 aromatic rings. The first-order chi connectivity index (χ1) is 10.0. The molecule has 0 aliphatic rings. The molecule has 0 unspecified atom stereocenters. The van der Waals surface area contributed by atoms with Crippen molar-refractivity contribution in [2.24, 2.45) is 7.05 Å². The molecule has 0 amide bonds. The molecule has 1 N–H and O–H groups in total. The molecular weight excluding hydrogens is 294 g/mol. The minimum absolute atomic E-state index is 0.0520. The van der Waals surface area contributed by atoms with Crippen molar-refractivity contribution in [2.75, 3.05) is 19.0 Å². The summed E-state index contributed by atoms with van der Waals surface area (Å²) >= 11 is 1.14. The van der Waals surface area contributed by atoms with Crippen molar-refractivity contribution in [3.05, 3.63) is 22.7 Å². The number of hydrogen-bond donors (Lipinski definition) is 1. The van der Waals surface area contributed by atoms with Crippen LogP contribution in [-0.2, 0) is 18.2 Å². The van der Waals surface area contributed by atoms with Crippen LogP contribution in [0.3, 0.4) is 0 Å². The van der Waals surface area contributed by atoms with Gasteiger partial charge in [-0.2, -0.15) is 0 Å². The Morgan fingerprint density at radius 2 is 2.24 bits per heavy atom. The number of aryl methyl sites for hydroxylation is 1. The van der Waals surface area contributed by atoms with E-state index in [-0.39, 0.29) is 11.5 Å². The molecule has 21 heavy (non-hydrogen) atoms. The Morgan fingerprint density at radius 3 is 2.81 bits per heavy atom. The van der Waals surface area contributed by atoms with Gasteiger partial charge >= 0.3 is 5.97 Å². The van der Waals surface area contributed by atoms with Gasteiger partial charge in [-0.05, 0) is 0 Å². The predicted molar refractivity (Wildman–Crippen MR) is 76.7 cm³/mol. The van der Waals surface area contributed by atoms with Gasteiger partial charge in [0.05, 0.1) is 7.11 Å². The fourth-order valence-electron chi connectivity index (χ4n) is 1.68. The maximum atomic E-state index is 11.6. The molecule has 0 saturated heterocycles. The van der Waals surface area contributed by atoms with Crippen LogP contribution in [0.25, 0.3) is 0 Å². The summed E-state index contributed by atoms with van der Waals surface area (Å²) in [5.74, 6) is 0.00564. The van der Waals surface area contributed by atoms with E-state index in [0.29, 0.717) is 23.0 Å². The molecule has 2 aromatic heterocycles. The number of thiazole rings is 1. The summed E-state index contributed by atoms with van der Waals surface area (Å²) in [4.78, 5) is 27.5. The van der Waals surface area contributed by atoms with E-state index in [9.17, 15) is 9.59 Å². The summed E-state index contributed by atoms with van der Waals surface area (Å²) in [6.45, 7) is 1.96. The summed E-state index contributed by atoms with van der Waals surface area (Å²) in [7, 11) is 3.12. The van der Waals surface area contributed by atoms with Crippen LogP contribution in [0.4, 0.5) is 5.13 Å². The summed E-state index contributed by atoms with van der Waals surface area (Å²) in [5, 5.41) is 11.3. The lowest BCUT2D eigenvalue weighted by Gasteiger charge is -2.01. The topological polar surface area (TPSA) is 99.0 Å².